The lowest BCUT2D eigenvalue weighted by Gasteiger charge is -2.12. The third kappa shape index (κ3) is 4.85. The van der Waals surface area contributed by atoms with Gasteiger partial charge in [-0.05, 0) is 31.0 Å². The van der Waals surface area contributed by atoms with E-state index < -0.39 is 6.09 Å². The predicted octanol–water partition coefficient (Wildman–Crippen LogP) is 3.14. The first-order valence-electron chi connectivity index (χ1n) is 5.81. The minimum atomic E-state index is -0.454. The van der Waals surface area contributed by atoms with E-state index in [4.69, 9.17) is 4.74 Å². The van der Waals surface area contributed by atoms with E-state index in [0.717, 1.165) is 11.1 Å². The van der Waals surface area contributed by atoms with Crippen molar-refractivity contribution in [1.29, 1.82) is 0 Å². The third-order valence-electron chi connectivity index (χ3n) is 2.46. The van der Waals surface area contributed by atoms with Gasteiger partial charge in [-0.15, -0.1) is 0 Å². The normalized spacial score (nSPS) is 11.3. The molecule has 6 heteroatoms. The molecule has 1 unspecified atom stereocenters. The Hall–Kier alpha value is -1.65. The molecule has 0 saturated heterocycles. The maximum atomic E-state index is 11.2. The van der Waals surface area contributed by atoms with Crippen molar-refractivity contribution < 1.29 is 14.3 Å². The summed E-state index contributed by atoms with van der Waals surface area (Å²) in [6, 6.07) is 5.56. The second kappa shape index (κ2) is 7.71. The van der Waals surface area contributed by atoms with Crippen molar-refractivity contribution >= 4 is 33.8 Å². The highest BCUT2D eigenvalue weighted by molar-refractivity contribution is 9.09. The van der Waals surface area contributed by atoms with Crippen molar-refractivity contribution in [3.8, 4) is 0 Å². The molecule has 0 aromatic heterocycles. The van der Waals surface area contributed by atoms with Crippen LogP contribution in [0.1, 0.15) is 22.9 Å². The number of aryl methyl sites for hydroxylation is 1. The summed E-state index contributed by atoms with van der Waals surface area (Å²) in [5.41, 5.74) is 2.38. The quantitative estimate of drug-likeness (QED) is 0.513. The average molecular weight is 327 g/mol. The van der Waals surface area contributed by atoms with Gasteiger partial charge in [0.25, 0.3) is 0 Å². The van der Waals surface area contributed by atoms with Gasteiger partial charge in [-0.3, -0.25) is 0 Å². The summed E-state index contributed by atoms with van der Waals surface area (Å²) in [6.45, 7) is 4.32. The van der Waals surface area contributed by atoms with E-state index in [2.05, 4.69) is 26.2 Å². The van der Waals surface area contributed by atoms with Gasteiger partial charge < -0.3 is 10.1 Å². The summed E-state index contributed by atoms with van der Waals surface area (Å²) in [5.74, 6) is 0. The molecule has 1 atom stereocenters. The molecule has 0 aliphatic heterocycles. The Morgan fingerprint density at radius 2 is 2.32 bits per heavy atom. The van der Waals surface area contributed by atoms with Crippen LogP contribution in [-0.2, 0) is 9.53 Å². The molecule has 1 aromatic carbocycles. The summed E-state index contributed by atoms with van der Waals surface area (Å²) < 4.78 is 4.77. The van der Waals surface area contributed by atoms with Gasteiger partial charge in [-0.25, -0.2) is 9.59 Å². The van der Waals surface area contributed by atoms with Crippen LogP contribution < -0.4 is 5.32 Å². The number of halogens is 1. The van der Waals surface area contributed by atoms with Gasteiger partial charge in [-0.2, -0.15) is 4.99 Å². The van der Waals surface area contributed by atoms with Crippen LogP contribution in [0.2, 0.25) is 0 Å². The number of nitrogens with zero attached hydrogens (tertiary/aromatic N) is 1. The molecule has 1 aromatic rings. The number of benzene rings is 1. The van der Waals surface area contributed by atoms with E-state index in [9.17, 15) is 9.59 Å². The van der Waals surface area contributed by atoms with E-state index in [1.54, 1.807) is 13.0 Å². The van der Waals surface area contributed by atoms with Gasteiger partial charge in [0.15, 0.2) is 0 Å². The molecule has 0 aliphatic carbocycles. The van der Waals surface area contributed by atoms with Crippen molar-refractivity contribution in [2.45, 2.75) is 18.7 Å². The number of nitrogens with one attached hydrogen (secondary N) is 1. The van der Waals surface area contributed by atoms with Crippen molar-refractivity contribution in [2.75, 3.05) is 13.2 Å². The fourth-order valence-electron chi connectivity index (χ4n) is 1.46. The Morgan fingerprint density at radius 3 is 2.95 bits per heavy atom. The molecule has 0 radical (unpaired) electrons. The number of amides is 1. The Kier molecular flexibility index (Phi) is 6.25. The lowest BCUT2D eigenvalue weighted by molar-refractivity contribution is 0.152. The second-order valence-electron chi connectivity index (χ2n) is 3.82. The highest BCUT2D eigenvalue weighted by Gasteiger charge is 2.11. The molecule has 0 aliphatic rings. The second-order valence-corrected chi connectivity index (χ2v) is 4.92. The molecule has 0 saturated carbocycles. The molecule has 5 nitrogen and oxygen atoms in total. The summed E-state index contributed by atoms with van der Waals surface area (Å²) >= 11 is 3.46. The van der Waals surface area contributed by atoms with Crippen LogP contribution in [0.5, 0.6) is 0 Å². The number of isocyanates is 1. The minimum Gasteiger partial charge on any atom is -0.450 e. The maximum absolute atomic E-state index is 11.2. The average Bonchev–Trinajstić information content (AvgIpc) is 2.39. The molecule has 19 heavy (non-hydrogen) atoms. The number of rotatable bonds is 5. The van der Waals surface area contributed by atoms with Gasteiger partial charge in [-0.1, -0.05) is 28.1 Å². The zero-order valence-corrected chi connectivity index (χ0v) is 12.4. The highest BCUT2D eigenvalue weighted by Crippen LogP contribution is 2.27. The van der Waals surface area contributed by atoms with E-state index in [0.29, 0.717) is 18.8 Å². The van der Waals surface area contributed by atoms with Gasteiger partial charge in [0.05, 0.1) is 17.1 Å². The smallest absolute Gasteiger partial charge is 0.407 e. The van der Waals surface area contributed by atoms with Crippen LogP contribution in [0.25, 0.3) is 0 Å². The van der Waals surface area contributed by atoms with Crippen LogP contribution in [-0.4, -0.2) is 25.3 Å². The van der Waals surface area contributed by atoms with Crippen molar-refractivity contribution in [2.24, 2.45) is 4.99 Å². The van der Waals surface area contributed by atoms with Gasteiger partial charge in [0, 0.05) is 6.54 Å². The first-order valence-corrected chi connectivity index (χ1v) is 6.73. The van der Waals surface area contributed by atoms with E-state index in [-0.39, 0.29) is 4.83 Å². The zero-order valence-electron chi connectivity index (χ0n) is 10.8. The fourth-order valence-corrected chi connectivity index (χ4v) is 1.91. The maximum Gasteiger partial charge on any atom is 0.407 e. The Morgan fingerprint density at radius 1 is 1.58 bits per heavy atom. The number of alkyl carbamates (subject to hydrolysis) is 1. The highest BCUT2D eigenvalue weighted by atomic mass is 79.9. The molecule has 0 heterocycles. The summed E-state index contributed by atoms with van der Waals surface area (Å²) in [4.78, 5) is 25.0. The zero-order chi connectivity index (χ0) is 14.3. The van der Waals surface area contributed by atoms with Crippen LogP contribution in [0, 0.1) is 6.92 Å². The Labute approximate surface area is 120 Å². The summed E-state index contributed by atoms with van der Waals surface area (Å²) in [6.07, 6.45) is 1.07. The predicted molar refractivity (Wildman–Crippen MR) is 75.7 cm³/mol. The molecule has 102 valence electrons. The lowest BCUT2D eigenvalue weighted by atomic mass is 10.1. The number of carbonyl (C=O) groups is 1. The monoisotopic (exact) mass is 326 g/mol. The molecule has 1 amide bonds. The van der Waals surface area contributed by atoms with Gasteiger partial charge in [0.1, 0.15) is 0 Å². The molecule has 0 bridgehead atoms. The van der Waals surface area contributed by atoms with Crippen LogP contribution in [0.15, 0.2) is 23.2 Å². The molecule has 1 rings (SSSR count). The SMILES string of the molecule is CCOC(=O)NCC(Br)c1ccc(C)c(N=C=O)c1. The fraction of sp³-hybridized carbons (Fsp3) is 0.385. The molecular weight excluding hydrogens is 312 g/mol. The molecular formula is C13H15BrN2O3. The lowest BCUT2D eigenvalue weighted by Crippen LogP contribution is -2.27. The third-order valence-corrected chi connectivity index (χ3v) is 3.31. The topological polar surface area (TPSA) is 67.8 Å². The minimum absolute atomic E-state index is 0.0851. The number of aliphatic imine (C=N–C) groups is 1. The number of hydrogen-bond acceptors (Lipinski definition) is 4. The number of ether oxygens (including phenoxy) is 1. The number of hydrogen-bond donors (Lipinski definition) is 1. The van der Waals surface area contributed by atoms with Gasteiger partial charge in [0.2, 0.25) is 6.08 Å². The van der Waals surface area contributed by atoms with Crippen molar-refractivity contribution in [3.05, 3.63) is 29.3 Å². The Balaban J connectivity index is 2.71. The number of carbonyl (C=O) groups excluding carboxylic acids is 2. The number of alkyl halides is 1. The summed E-state index contributed by atoms with van der Waals surface area (Å²) in [7, 11) is 0. The molecule has 1 N–H and O–H groups in total. The van der Waals surface area contributed by atoms with Crippen LogP contribution in [0.4, 0.5) is 10.5 Å². The van der Waals surface area contributed by atoms with Crippen LogP contribution in [0.3, 0.4) is 0 Å². The molecule has 0 spiro atoms. The summed E-state index contributed by atoms with van der Waals surface area (Å²) in [5, 5.41) is 2.63. The Bertz CT molecular complexity index is 499. The van der Waals surface area contributed by atoms with E-state index in [1.807, 2.05) is 19.1 Å². The first kappa shape index (κ1) is 15.4. The first-order chi connectivity index (χ1) is 9.08. The van der Waals surface area contributed by atoms with E-state index >= 15 is 0 Å². The van der Waals surface area contributed by atoms with Crippen molar-refractivity contribution in [1.82, 2.24) is 5.32 Å². The largest absolute Gasteiger partial charge is 0.450 e. The standard InChI is InChI=1S/C13H15BrN2O3/c1-3-19-13(18)15-7-11(14)10-5-4-9(2)12(6-10)16-8-17/h4-6,11H,3,7H2,1-2H3,(H,15,18). The van der Waals surface area contributed by atoms with Crippen molar-refractivity contribution in [3.63, 3.8) is 0 Å². The van der Waals surface area contributed by atoms with Crippen LogP contribution >= 0.6 is 15.9 Å². The molecule has 0 fully saturated rings. The van der Waals surface area contributed by atoms with Gasteiger partial charge >= 0.3 is 6.09 Å². The van der Waals surface area contributed by atoms with E-state index in [1.165, 1.54) is 6.08 Å².